The van der Waals surface area contributed by atoms with Gasteiger partial charge in [0.15, 0.2) is 11.5 Å². The largest absolute Gasteiger partial charge is 0.490 e. The van der Waals surface area contributed by atoms with Crippen LogP contribution in [0.25, 0.3) is 6.08 Å². The first-order valence-corrected chi connectivity index (χ1v) is 12.9. The van der Waals surface area contributed by atoms with E-state index in [2.05, 4.69) is 21.2 Å². The van der Waals surface area contributed by atoms with Gasteiger partial charge < -0.3 is 14.2 Å². The molecule has 10 heteroatoms. The number of rotatable bonds is 8. The van der Waals surface area contributed by atoms with E-state index >= 15 is 0 Å². The van der Waals surface area contributed by atoms with Gasteiger partial charge in [-0.2, -0.15) is 13.7 Å². The Morgan fingerprint density at radius 2 is 1.80 bits per heavy atom. The van der Waals surface area contributed by atoms with Gasteiger partial charge in [-0.1, -0.05) is 29.3 Å². The number of anilines is 1. The topological polar surface area (TPSA) is 105 Å². The zero-order chi connectivity index (χ0) is 25.6. The van der Waals surface area contributed by atoms with Crippen molar-refractivity contribution < 1.29 is 22.1 Å². The summed E-state index contributed by atoms with van der Waals surface area (Å²) in [5.74, 6) is -0.543. The van der Waals surface area contributed by atoms with Crippen LogP contribution in [0.4, 0.5) is 5.69 Å². The summed E-state index contributed by atoms with van der Waals surface area (Å²) in [5.41, 5.74) is 1.63. The summed E-state index contributed by atoms with van der Waals surface area (Å²) in [6, 6.07) is 17.6. The third-order valence-electron chi connectivity index (χ3n) is 4.61. The molecule has 1 amide bonds. The molecule has 3 aromatic carbocycles. The van der Waals surface area contributed by atoms with E-state index in [0.717, 1.165) is 5.56 Å². The second-order valence-electron chi connectivity index (χ2n) is 7.24. The molecular weight excluding hydrogens is 556 g/mol. The van der Waals surface area contributed by atoms with Crippen LogP contribution >= 0.6 is 27.5 Å². The van der Waals surface area contributed by atoms with Gasteiger partial charge in [-0.15, -0.1) is 0 Å². The molecule has 180 valence electrons. The lowest BCUT2D eigenvalue weighted by atomic mass is 10.1. The molecule has 0 saturated heterocycles. The molecule has 0 saturated carbocycles. The number of carbonyl (C=O) groups excluding carboxylic acids is 1. The second kappa shape index (κ2) is 11.4. The van der Waals surface area contributed by atoms with E-state index in [9.17, 15) is 18.5 Å². The van der Waals surface area contributed by atoms with Gasteiger partial charge in [0.25, 0.3) is 5.91 Å². The van der Waals surface area contributed by atoms with Crippen molar-refractivity contribution in [2.45, 2.75) is 18.7 Å². The van der Waals surface area contributed by atoms with Crippen LogP contribution in [0.1, 0.15) is 18.1 Å². The number of benzene rings is 3. The highest BCUT2D eigenvalue weighted by molar-refractivity contribution is 9.10. The summed E-state index contributed by atoms with van der Waals surface area (Å²) in [6.07, 6.45) is 1.36. The number of ether oxygens (including phenoxy) is 1. The van der Waals surface area contributed by atoms with Gasteiger partial charge in [0.2, 0.25) is 0 Å². The maximum absolute atomic E-state index is 12.8. The Morgan fingerprint density at radius 1 is 1.14 bits per heavy atom. The normalized spacial score (nSPS) is 11.5. The third-order valence-corrected chi connectivity index (χ3v) is 6.69. The summed E-state index contributed by atoms with van der Waals surface area (Å²) in [7, 11) is -4.14. The number of hydrogen-bond donors (Lipinski definition) is 1. The van der Waals surface area contributed by atoms with Crippen molar-refractivity contribution in [2.75, 3.05) is 11.9 Å². The minimum Gasteiger partial charge on any atom is -0.490 e. The second-order valence-corrected chi connectivity index (χ2v) is 10.1. The molecule has 0 aliphatic rings. The zero-order valence-electron chi connectivity index (χ0n) is 18.7. The summed E-state index contributed by atoms with van der Waals surface area (Å²) in [6.45, 7) is 3.80. The number of amides is 1. The fourth-order valence-corrected chi connectivity index (χ4v) is 4.66. The van der Waals surface area contributed by atoms with E-state index in [4.69, 9.17) is 20.5 Å². The average molecular weight is 576 g/mol. The Labute approximate surface area is 217 Å². The maximum atomic E-state index is 12.8. The molecule has 3 aromatic rings. The van der Waals surface area contributed by atoms with Crippen LogP contribution in [0.15, 0.2) is 75.6 Å². The van der Waals surface area contributed by atoms with E-state index in [-0.39, 0.29) is 33.0 Å². The molecule has 7 nitrogen and oxygen atoms in total. The minimum atomic E-state index is -4.14. The lowest BCUT2D eigenvalue weighted by Gasteiger charge is -2.15. The van der Waals surface area contributed by atoms with Crippen LogP contribution in [0.5, 0.6) is 11.5 Å². The summed E-state index contributed by atoms with van der Waals surface area (Å²) < 4.78 is 36.9. The van der Waals surface area contributed by atoms with E-state index < -0.39 is 16.0 Å². The SMILES string of the molecule is CCOc1cc(/C=C(/C#N)C(=O)Nc2ccc(Cl)cc2)cc(Br)c1OS(=O)(=O)c1ccc(C)cc1. The van der Waals surface area contributed by atoms with Gasteiger partial charge in [0.1, 0.15) is 16.5 Å². The number of nitrogens with one attached hydrogen (secondary N) is 1. The van der Waals surface area contributed by atoms with Crippen molar-refractivity contribution in [3.63, 3.8) is 0 Å². The fraction of sp³-hybridized carbons (Fsp3) is 0.120. The first kappa shape index (κ1) is 26.3. The summed E-state index contributed by atoms with van der Waals surface area (Å²) in [4.78, 5) is 12.6. The zero-order valence-corrected chi connectivity index (χ0v) is 21.9. The van der Waals surface area contributed by atoms with Crippen LogP contribution in [0.2, 0.25) is 5.02 Å². The Bertz CT molecular complexity index is 1410. The van der Waals surface area contributed by atoms with Gasteiger partial charge in [0, 0.05) is 10.7 Å². The molecule has 3 rings (SSSR count). The smallest absolute Gasteiger partial charge is 0.339 e. The molecule has 0 atom stereocenters. The number of hydrogen-bond acceptors (Lipinski definition) is 6. The average Bonchev–Trinajstić information content (AvgIpc) is 2.81. The van der Waals surface area contributed by atoms with Gasteiger partial charge in [-0.25, -0.2) is 0 Å². The summed E-state index contributed by atoms with van der Waals surface area (Å²) in [5, 5.41) is 12.7. The summed E-state index contributed by atoms with van der Waals surface area (Å²) >= 11 is 9.17. The molecule has 0 aliphatic heterocycles. The molecule has 0 bridgehead atoms. The van der Waals surface area contributed by atoms with Crippen molar-refractivity contribution in [2.24, 2.45) is 0 Å². The quantitative estimate of drug-likeness (QED) is 0.197. The molecule has 0 spiro atoms. The van der Waals surface area contributed by atoms with Gasteiger partial charge in [-0.05, 0) is 89.9 Å². The van der Waals surface area contributed by atoms with Crippen LogP contribution in [-0.2, 0) is 14.9 Å². The van der Waals surface area contributed by atoms with Crippen molar-refractivity contribution in [1.82, 2.24) is 0 Å². The third kappa shape index (κ3) is 6.85. The number of halogens is 2. The van der Waals surface area contributed by atoms with Crippen LogP contribution in [-0.4, -0.2) is 20.9 Å². The molecule has 0 aliphatic carbocycles. The molecule has 0 aromatic heterocycles. The Kier molecular flexibility index (Phi) is 8.57. The number of nitrogens with zero attached hydrogens (tertiary/aromatic N) is 1. The monoisotopic (exact) mass is 574 g/mol. The van der Waals surface area contributed by atoms with Gasteiger partial charge in [0.05, 0.1) is 11.1 Å². The first-order chi connectivity index (χ1) is 16.6. The van der Waals surface area contributed by atoms with Crippen LogP contribution in [0, 0.1) is 18.3 Å². The van der Waals surface area contributed by atoms with Crippen molar-refractivity contribution in [1.29, 1.82) is 5.26 Å². The number of aryl methyl sites for hydroxylation is 1. The van der Waals surface area contributed by atoms with E-state index in [1.165, 1.54) is 30.3 Å². The Balaban J connectivity index is 1.93. The molecular formula is C25H20BrClN2O5S. The van der Waals surface area contributed by atoms with Crippen LogP contribution in [0.3, 0.4) is 0 Å². The first-order valence-electron chi connectivity index (χ1n) is 10.3. The van der Waals surface area contributed by atoms with Gasteiger partial charge >= 0.3 is 10.1 Å². The number of nitriles is 1. The van der Waals surface area contributed by atoms with Crippen molar-refractivity contribution in [3.05, 3.63) is 86.9 Å². The maximum Gasteiger partial charge on any atom is 0.339 e. The Hall–Kier alpha value is -3.32. The van der Waals surface area contributed by atoms with Crippen molar-refractivity contribution >= 4 is 55.3 Å². The van der Waals surface area contributed by atoms with E-state index in [1.54, 1.807) is 43.3 Å². The van der Waals surface area contributed by atoms with Crippen molar-refractivity contribution in [3.8, 4) is 17.6 Å². The lowest BCUT2D eigenvalue weighted by Crippen LogP contribution is -2.13. The molecule has 0 radical (unpaired) electrons. The lowest BCUT2D eigenvalue weighted by molar-refractivity contribution is -0.112. The van der Waals surface area contributed by atoms with E-state index in [0.29, 0.717) is 16.3 Å². The predicted molar refractivity (Wildman–Crippen MR) is 138 cm³/mol. The highest BCUT2D eigenvalue weighted by atomic mass is 79.9. The highest BCUT2D eigenvalue weighted by Gasteiger charge is 2.22. The molecule has 35 heavy (non-hydrogen) atoms. The molecule has 0 fully saturated rings. The highest BCUT2D eigenvalue weighted by Crippen LogP contribution is 2.39. The minimum absolute atomic E-state index is 0.00735. The van der Waals surface area contributed by atoms with Gasteiger partial charge in [-0.3, -0.25) is 4.79 Å². The van der Waals surface area contributed by atoms with E-state index in [1.807, 2.05) is 13.0 Å². The standard InChI is InChI=1S/C25H20BrClN2O5S/c1-3-33-23-14-17(12-18(15-28)25(30)29-20-8-6-19(27)7-9-20)13-22(26)24(23)34-35(31,32)21-10-4-16(2)5-11-21/h4-14H,3H2,1-2H3,(H,29,30)/b18-12-. The fourth-order valence-electron chi connectivity index (χ4n) is 2.92. The Morgan fingerprint density at radius 3 is 2.40 bits per heavy atom. The molecule has 1 N–H and O–H groups in total. The molecule has 0 unspecified atom stereocenters. The predicted octanol–water partition coefficient (Wildman–Crippen LogP) is 6.12. The van der Waals surface area contributed by atoms with Crippen LogP contribution < -0.4 is 14.2 Å². The molecule has 0 heterocycles. The number of carbonyl (C=O) groups is 1.